The van der Waals surface area contributed by atoms with Gasteiger partial charge in [0.25, 0.3) is 0 Å². The highest BCUT2D eigenvalue weighted by Crippen LogP contribution is 1.65. The molecule has 0 bridgehead atoms. The number of nitrogens with zero attached hydrogens (tertiary/aromatic N) is 2. The van der Waals surface area contributed by atoms with E-state index in [0.29, 0.717) is 0 Å². The Morgan fingerprint density at radius 3 is 1.50 bits per heavy atom. The molecule has 0 aromatic rings. The molecule has 0 atom stereocenters. The largest absolute Gasteiger partial charge is 0.373 e. The van der Waals surface area contributed by atoms with Gasteiger partial charge in [0.15, 0.2) is 13.5 Å². The van der Waals surface area contributed by atoms with Crippen molar-refractivity contribution in [2.45, 2.75) is 0 Å². The fourth-order valence-electron chi connectivity index (χ4n) is 0.0894. The third-order valence-corrected chi connectivity index (χ3v) is 0.226. The molecule has 0 rings (SSSR count). The van der Waals surface area contributed by atoms with Crippen molar-refractivity contribution in [3.05, 3.63) is 0 Å². The van der Waals surface area contributed by atoms with E-state index in [-0.39, 0.29) is 13.5 Å². The summed E-state index contributed by atoms with van der Waals surface area (Å²) in [5.74, 6) is 0. The molecule has 0 aromatic carbocycles. The normalized spacial score (nSPS) is 10.3. The quantitative estimate of drug-likeness (QED) is 0.442. The van der Waals surface area contributed by atoms with Gasteiger partial charge in [-0.15, -0.1) is 0 Å². The first-order valence-electron chi connectivity index (χ1n) is 1.46. The smallest absolute Gasteiger partial charge is 0.155 e. The van der Waals surface area contributed by atoms with Gasteiger partial charge in [-0.3, -0.25) is 0 Å². The van der Waals surface area contributed by atoms with Crippen LogP contribution in [0.1, 0.15) is 0 Å². The first-order chi connectivity index (χ1) is 2.91. The summed E-state index contributed by atoms with van der Waals surface area (Å²) in [5, 5.41) is 21.7. The van der Waals surface area contributed by atoms with E-state index in [2.05, 4.69) is 10.2 Å². The van der Waals surface area contributed by atoms with Crippen molar-refractivity contribution in [2.24, 2.45) is 10.2 Å². The van der Waals surface area contributed by atoms with Gasteiger partial charge < -0.3 is 10.2 Å². The number of hydrogen-bond acceptors (Lipinski definition) is 4. The van der Waals surface area contributed by atoms with Gasteiger partial charge in [0.2, 0.25) is 0 Å². The van der Waals surface area contributed by atoms with Crippen LogP contribution in [0.15, 0.2) is 10.2 Å². The van der Waals surface area contributed by atoms with Gasteiger partial charge in [0.1, 0.15) is 0 Å². The average Bonchev–Trinajstić information content (AvgIpc) is 1.61. The Morgan fingerprint density at radius 2 is 1.33 bits per heavy atom. The highest BCUT2D eigenvalue weighted by Gasteiger charge is 1.61. The summed E-state index contributed by atoms with van der Waals surface area (Å²) in [4.78, 5) is 0. The lowest BCUT2D eigenvalue weighted by atomic mass is 11.3. The van der Waals surface area contributed by atoms with Crippen LogP contribution in [-0.2, 0) is 0 Å². The summed E-state index contributed by atoms with van der Waals surface area (Å²) in [6.45, 7) is -0.693. The summed E-state index contributed by atoms with van der Waals surface area (Å²) < 4.78 is 0. The second kappa shape index (κ2) is 4.52. The molecule has 0 unspecified atom stereocenters. The average molecular weight is 90.1 g/mol. The first kappa shape index (κ1) is 5.52. The van der Waals surface area contributed by atoms with Gasteiger partial charge in [0, 0.05) is 0 Å². The Balaban J connectivity index is 2.73. The van der Waals surface area contributed by atoms with E-state index in [4.69, 9.17) is 10.2 Å². The van der Waals surface area contributed by atoms with E-state index in [1.54, 1.807) is 0 Å². The van der Waals surface area contributed by atoms with E-state index in [0.717, 1.165) is 0 Å². The van der Waals surface area contributed by atoms with Crippen molar-refractivity contribution in [2.75, 3.05) is 13.5 Å². The van der Waals surface area contributed by atoms with E-state index >= 15 is 0 Å². The Kier molecular flexibility index (Phi) is 4.16. The second-order valence-electron chi connectivity index (χ2n) is 0.566. The maximum absolute atomic E-state index is 7.83. The number of aliphatic hydroxyl groups excluding tert-OH is 2. The van der Waals surface area contributed by atoms with E-state index in [1.807, 2.05) is 0 Å². The minimum Gasteiger partial charge on any atom is -0.373 e. The van der Waals surface area contributed by atoms with E-state index in [1.165, 1.54) is 0 Å². The Hall–Kier alpha value is -0.480. The van der Waals surface area contributed by atoms with Crippen molar-refractivity contribution in [3.63, 3.8) is 0 Å². The summed E-state index contributed by atoms with van der Waals surface area (Å²) in [6.07, 6.45) is 0. The molecule has 2 N–H and O–H groups in total. The van der Waals surface area contributed by atoms with Crippen molar-refractivity contribution < 1.29 is 10.2 Å². The highest BCUT2D eigenvalue weighted by atomic mass is 16.3. The third kappa shape index (κ3) is 3.52. The molecule has 0 fully saturated rings. The third-order valence-electron chi connectivity index (χ3n) is 0.226. The van der Waals surface area contributed by atoms with Gasteiger partial charge >= 0.3 is 0 Å². The summed E-state index contributed by atoms with van der Waals surface area (Å²) in [5.41, 5.74) is 0. The first-order valence-corrected chi connectivity index (χ1v) is 1.46. The predicted octanol–water partition coefficient (Wildman–Crippen LogP) is -0.662. The summed E-state index contributed by atoms with van der Waals surface area (Å²) in [6, 6.07) is 0. The van der Waals surface area contributed by atoms with Gasteiger partial charge in [-0.25, -0.2) is 0 Å². The number of rotatable bonds is 2. The lowest BCUT2D eigenvalue weighted by Gasteiger charge is -1.73. The molecule has 0 spiro atoms. The monoisotopic (exact) mass is 90.0 g/mol. The van der Waals surface area contributed by atoms with Crippen molar-refractivity contribution in [1.82, 2.24) is 0 Å². The summed E-state index contributed by atoms with van der Waals surface area (Å²) >= 11 is 0. The number of azo groups is 1. The number of aliphatic hydroxyl groups is 2. The van der Waals surface area contributed by atoms with Gasteiger partial charge in [0.05, 0.1) is 0 Å². The SMILES string of the molecule is OCN=NCO. The van der Waals surface area contributed by atoms with Crippen LogP contribution in [0.3, 0.4) is 0 Å². The molecule has 36 valence electrons. The van der Waals surface area contributed by atoms with Gasteiger partial charge in [-0.05, 0) is 0 Å². The van der Waals surface area contributed by atoms with E-state index in [9.17, 15) is 0 Å². The minimum absolute atomic E-state index is 0.347. The molecule has 0 radical (unpaired) electrons. The van der Waals surface area contributed by atoms with E-state index < -0.39 is 0 Å². The standard InChI is InChI=1S/C2H6N2O2/c5-1-3-4-2-6/h5-6H,1-2H2. The molecule has 0 saturated heterocycles. The molecule has 0 aromatic heterocycles. The molecule has 0 aliphatic heterocycles. The predicted molar refractivity (Wildman–Crippen MR) is 19.0 cm³/mol. The van der Waals surface area contributed by atoms with Crippen LogP contribution in [0.5, 0.6) is 0 Å². The van der Waals surface area contributed by atoms with Crippen LogP contribution in [0.2, 0.25) is 0 Å². The zero-order chi connectivity index (χ0) is 4.83. The molecule has 4 nitrogen and oxygen atoms in total. The van der Waals surface area contributed by atoms with Crippen molar-refractivity contribution >= 4 is 0 Å². The molecule has 4 heteroatoms. The van der Waals surface area contributed by atoms with Crippen molar-refractivity contribution in [1.29, 1.82) is 0 Å². The second-order valence-corrected chi connectivity index (χ2v) is 0.566. The lowest BCUT2D eigenvalue weighted by molar-refractivity contribution is 0.268. The van der Waals surface area contributed by atoms with Gasteiger partial charge in [-0.2, -0.15) is 10.2 Å². The lowest BCUT2D eigenvalue weighted by Crippen LogP contribution is -1.73. The highest BCUT2D eigenvalue weighted by molar-refractivity contribution is 4.10. The van der Waals surface area contributed by atoms with Crippen LogP contribution in [0, 0.1) is 0 Å². The fraction of sp³-hybridized carbons (Fsp3) is 1.00. The molecule has 0 aliphatic rings. The molecule has 6 heavy (non-hydrogen) atoms. The Morgan fingerprint density at radius 1 is 1.00 bits per heavy atom. The molecule has 0 heterocycles. The zero-order valence-electron chi connectivity index (χ0n) is 3.20. The Bertz CT molecular complexity index is 38.8. The zero-order valence-corrected chi connectivity index (χ0v) is 3.20. The summed E-state index contributed by atoms with van der Waals surface area (Å²) in [7, 11) is 0. The topological polar surface area (TPSA) is 65.2 Å². The van der Waals surface area contributed by atoms with Crippen LogP contribution < -0.4 is 0 Å². The fourth-order valence-corrected chi connectivity index (χ4v) is 0.0894. The molecule has 0 aliphatic carbocycles. The van der Waals surface area contributed by atoms with Crippen LogP contribution in [0.4, 0.5) is 0 Å². The maximum Gasteiger partial charge on any atom is 0.155 e. The molecule has 0 amide bonds. The maximum atomic E-state index is 7.83. The van der Waals surface area contributed by atoms with Crippen LogP contribution in [-0.4, -0.2) is 23.7 Å². The molecular weight excluding hydrogens is 84.0 g/mol. The van der Waals surface area contributed by atoms with Crippen LogP contribution in [0.25, 0.3) is 0 Å². The minimum atomic E-state index is -0.347. The van der Waals surface area contributed by atoms with Crippen molar-refractivity contribution in [3.8, 4) is 0 Å². The van der Waals surface area contributed by atoms with Gasteiger partial charge in [-0.1, -0.05) is 0 Å². The number of hydrogen-bond donors (Lipinski definition) is 2. The molecular formula is C2H6N2O2. The molecule has 0 saturated carbocycles. The Labute approximate surface area is 35.1 Å². The van der Waals surface area contributed by atoms with Crippen LogP contribution >= 0.6 is 0 Å².